The van der Waals surface area contributed by atoms with Crippen LogP contribution >= 0.6 is 11.6 Å². The average Bonchev–Trinajstić information content (AvgIpc) is 3.55. The van der Waals surface area contributed by atoms with Gasteiger partial charge in [-0.2, -0.15) is 10.4 Å². The first-order chi connectivity index (χ1) is 16.0. The zero-order chi connectivity index (χ0) is 23.0. The highest BCUT2D eigenvalue weighted by Gasteiger charge is 2.49. The van der Waals surface area contributed by atoms with Gasteiger partial charge in [0, 0.05) is 29.8 Å². The number of benzene rings is 1. The highest BCUT2D eigenvalue weighted by molar-refractivity contribution is 6.29. The van der Waals surface area contributed by atoms with Crippen molar-refractivity contribution in [3.8, 4) is 17.2 Å². The quantitative estimate of drug-likeness (QED) is 0.585. The fourth-order valence-electron chi connectivity index (χ4n) is 4.52. The van der Waals surface area contributed by atoms with Crippen LogP contribution in [0.1, 0.15) is 41.4 Å². The van der Waals surface area contributed by atoms with Gasteiger partial charge in [0.05, 0.1) is 36.3 Å². The van der Waals surface area contributed by atoms with Gasteiger partial charge < -0.3 is 20.5 Å². The molecule has 168 valence electrons. The lowest BCUT2D eigenvalue weighted by molar-refractivity contribution is -0.177. The third-order valence-corrected chi connectivity index (χ3v) is 6.15. The molecule has 2 aliphatic rings. The lowest BCUT2D eigenvalue weighted by atomic mass is 10.0. The molecule has 0 bridgehead atoms. The molecular weight excluding hydrogens is 446 g/mol. The van der Waals surface area contributed by atoms with Gasteiger partial charge in [0.25, 0.3) is 5.91 Å². The molecule has 1 aliphatic carbocycles. The van der Waals surface area contributed by atoms with Crippen LogP contribution in [0.4, 0.5) is 11.4 Å². The van der Waals surface area contributed by atoms with Gasteiger partial charge in [0.15, 0.2) is 16.6 Å². The molecule has 1 aliphatic heterocycles. The monoisotopic (exact) mass is 465 g/mol. The summed E-state index contributed by atoms with van der Waals surface area (Å²) in [6.45, 7) is 1.16. The van der Waals surface area contributed by atoms with Crippen LogP contribution in [0.5, 0.6) is 0 Å². The molecule has 1 saturated carbocycles. The van der Waals surface area contributed by atoms with E-state index in [1.165, 1.54) is 6.07 Å². The normalized spacial score (nSPS) is 19.0. The molecule has 2 fully saturated rings. The van der Waals surface area contributed by atoms with Gasteiger partial charge in [0.2, 0.25) is 0 Å². The number of nitriles is 1. The minimum absolute atomic E-state index is 0.0243. The third-order valence-electron chi connectivity index (χ3n) is 5.96. The number of hydrogen-bond donors (Lipinski definition) is 2. The lowest BCUT2D eigenvalue weighted by Crippen LogP contribution is -2.36. The molecule has 5 rings (SSSR count). The summed E-state index contributed by atoms with van der Waals surface area (Å²) in [6.07, 6.45) is 6.36. The molecule has 1 aromatic carbocycles. The molecule has 10 nitrogen and oxygen atoms in total. The van der Waals surface area contributed by atoms with Crippen molar-refractivity contribution in [2.75, 3.05) is 18.5 Å². The van der Waals surface area contributed by atoms with E-state index in [-0.39, 0.29) is 22.6 Å². The van der Waals surface area contributed by atoms with Crippen molar-refractivity contribution in [2.45, 2.75) is 31.1 Å². The van der Waals surface area contributed by atoms with E-state index in [0.717, 1.165) is 24.8 Å². The molecule has 1 spiro atoms. The second kappa shape index (κ2) is 8.44. The van der Waals surface area contributed by atoms with E-state index in [9.17, 15) is 10.1 Å². The Morgan fingerprint density at radius 1 is 1.30 bits per heavy atom. The first kappa shape index (κ1) is 21.3. The van der Waals surface area contributed by atoms with Crippen molar-refractivity contribution in [1.82, 2.24) is 20.0 Å². The molecule has 1 atom stereocenters. The number of nitrogens with two attached hydrogens (primary N) is 1. The SMILES string of the molecule is N#Cc1c(Nc2cc(Cl)nnc2C(N)=O)cccc1-c1cnn(C2CCCC23OCCO3)c1. The van der Waals surface area contributed by atoms with Crippen molar-refractivity contribution in [1.29, 1.82) is 5.26 Å². The van der Waals surface area contributed by atoms with Crippen LogP contribution in [-0.2, 0) is 9.47 Å². The summed E-state index contributed by atoms with van der Waals surface area (Å²) in [7, 11) is 0. The first-order valence-electron chi connectivity index (χ1n) is 10.5. The molecule has 3 N–H and O–H groups in total. The maximum atomic E-state index is 11.7. The van der Waals surface area contributed by atoms with Gasteiger partial charge in [-0.25, -0.2) is 0 Å². The van der Waals surface area contributed by atoms with Crippen LogP contribution in [0.25, 0.3) is 11.1 Å². The number of nitrogens with one attached hydrogen (secondary N) is 1. The maximum absolute atomic E-state index is 11.7. The number of hydrogen-bond acceptors (Lipinski definition) is 8. The second-order valence-electron chi connectivity index (χ2n) is 7.88. The van der Waals surface area contributed by atoms with Crippen molar-refractivity contribution < 1.29 is 14.3 Å². The Balaban J connectivity index is 1.49. The minimum Gasteiger partial charge on any atom is -0.364 e. The van der Waals surface area contributed by atoms with E-state index in [2.05, 4.69) is 26.7 Å². The molecule has 3 aromatic rings. The van der Waals surface area contributed by atoms with Crippen LogP contribution < -0.4 is 11.1 Å². The average molecular weight is 466 g/mol. The molecule has 2 aromatic heterocycles. The first-order valence-corrected chi connectivity index (χ1v) is 10.8. The number of carbonyl (C=O) groups excluding carboxylic acids is 1. The molecule has 0 radical (unpaired) electrons. The molecule has 1 saturated heterocycles. The summed E-state index contributed by atoms with van der Waals surface area (Å²) in [5.41, 5.74) is 7.88. The summed E-state index contributed by atoms with van der Waals surface area (Å²) < 4.78 is 13.8. The molecule has 33 heavy (non-hydrogen) atoms. The van der Waals surface area contributed by atoms with Gasteiger partial charge in [-0.3, -0.25) is 9.48 Å². The summed E-state index contributed by atoms with van der Waals surface area (Å²) in [5.74, 6) is -1.39. The topological polar surface area (TPSA) is 141 Å². The highest BCUT2D eigenvalue weighted by Crippen LogP contribution is 2.45. The van der Waals surface area contributed by atoms with Crippen LogP contribution in [0.2, 0.25) is 5.15 Å². The minimum atomic E-state index is -0.764. The summed E-state index contributed by atoms with van der Waals surface area (Å²) in [4.78, 5) is 11.7. The van der Waals surface area contributed by atoms with E-state index < -0.39 is 11.7 Å². The number of primary amides is 1. The number of rotatable bonds is 5. The van der Waals surface area contributed by atoms with Crippen LogP contribution in [-0.4, -0.2) is 44.9 Å². The standard InChI is InChI=1S/C22H20ClN7O3/c23-19-9-17(20(21(25)31)29-28-19)27-16-4-1-3-14(15(16)10-24)13-11-26-30(12-13)18-5-2-6-22(18)32-7-8-33-22/h1,3-4,9,11-12,18H,2,5-8H2,(H2,25,31)(H,27,28). The Kier molecular flexibility index (Phi) is 5.46. The molecule has 3 heterocycles. The predicted octanol–water partition coefficient (Wildman–Crippen LogP) is 3.18. The number of halogens is 1. The van der Waals surface area contributed by atoms with E-state index in [0.29, 0.717) is 30.0 Å². The Morgan fingerprint density at radius 2 is 2.12 bits per heavy atom. The van der Waals surface area contributed by atoms with Gasteiger partial charge in [-0.05, 0) is 18.9 Å². The Labute approximate surface area is 194 Å². The molecule has 1 unspecified atom stereocenters. The van der Waals surface area contributed by atoms with Gasteiger partial charge in [-0.15, -0.1) is 10.2 Å². The van der Waals surface area contributed by atoms with Crippen molar-refractivity contribution in [3.05, 3.63) is 53.1 Å². The fraction of sp³-hybridized carbons (Fsp3) is 0.318. The second-order valence-corrected chi connectivity index (χ2v) is 8.27. The van der Waals surface area contributed by atoms with E-state index >= 15 is 0 Å². The molecule has 1 amide bonds. The van der Waals surface area contributed by atoms with Crippen LogP contribution in [0.15, 0.2) is 36.7 Å². The van der Waals surface area contributed by atoms with E-state index in [1.807, 2.05) is 16.9 Å². The smallest absolute Gasteiger partial charge is 0.271 e. The largest absolute Gasteiger partial charge is 0.364 e. The van der Waals surface area contributed by atoms with Crippen molar-refractivity contribution in [3.63, 3.8) is 0 Å². The van der Waals surface area contributed by atoms with Gasteiger partial charge >= 0.3 is 0 Å². The van der Waals surface area contributed by atoms with Gasteiger partial charge in [0.1, 0.15) is 12.1 Å². The van der Waals surface area contributed by atoms with Gasteiger partial charge in [-0.1, -0.05) is 23.7 Å². The summed E-state index contributed by atoms with van der Waals surface area (Å²) in [5, 5.41) is 25.1. The zero-order valence-corrected chi connectivity index (χ0v) is 18.2. The Morgan fingerprint density at radius 3 is 2.88 bits per heavy atom. The van der Waals surface area contributed by atoms with Crippen molar-refractivity contribution >= 4 is 28.9 Å². The zero-order valence-electron chi connectivity index (χ0n) is 17.5. The number of aromatic nitrogens is 4. The predicted molar refractivity (Wildman–Crippen MR) is 119 cm³/mol. The van der Waals surface area contributed by atoms with E-state index in [4.69, 9.17) is 26.8 Å². The number of nitrogens with zero attached hydrogens (tertiary/aromatic N) is 5. The van der Waals surface area contributed by atoms with Crippen LogP contribution in [0, 0.1) is 11.3 Å². The third kappa shape index (κ3) is 3.80. The Hall–Kier alpha value is -3.52. The van der Waals surface area contributed by atoms with Crippen LogP contribution in [0.3, 0.4) is 0 Å². The highest BCUT2D eigenvalue weighted by atomic mass is 35.5. The maximum Gasteiger partial charge on any atom is 0.271 e. The number of amides is 1. The number of ether oxygens (including phenoxy) is 2. The Bertz CT molecular complexity index is 1260. The molecular formula is C22H20ClN7O3. The summed E-state index contributed by atoms with van der Waals surface area (Å²) in [6, 6.07) is 9.01. The van der Waals surface area contributed by atoms with Crippen molar-refractivity contribution in [2.24, 2.45) is 5.73 Å². The number of anilines is 2. The number of carbonyl (C=O) groups is 1. The molecule has 11 heteroatoms. The fourth-order valence-corrected chi connectivity index (χ4v) is 4.67. The van der Waals surface area contributed by atoms with E-state index in [1.54, 1.807) is 18.3 Å². The summed E-state index contributed by atoms with van der Waals surface area (Å²) >= 11 is 5.94. The lowest BCUT2D eigenvalue weighted by Gasteiger charge is -2.29.